The Hall–Kier alpha value is -6.90. The third kappa shape index (κ3) is 8.84. The summed E-state index contributed by atoms with van der Waals surface area (Å²) in [5, 5.41) is 14.1. The van der Waals surface area contributed by atoms with Crippen LogP contribution >= 0.6 is 0 Å². The number of carbonyl (C=O) groups excluding carboxylic acids is 2. The lowest BCUT2D eigenvalue weighted by Gasteiger charge is -2.13. The monoisotopic (exact) mass is 772 g/mol. The van der Waals surface area contributed by atoms with Crippen molar-refractivity contribution >= 4 is 76.6 Å². The van der Waals surface area contributed by atoms with E-state index in [1.165, 1.54) is 60.7 Å². The second-order valence-corrected chi connectivity index (χ2v) is 15.4. The average molecular weight is 773 g/mol. The maximum atomic E-state index is 12.9. The lowest BCUT2D eigenvalue weighted by atomic mass is 10.1. The molecule has 0 fully saturated rings. The van der Waals surface area contributed by atoms with Gasteiger partial charge >= 0.3 is 32.3 Å². The van der Waals surface area contributed by atoms with Crippen molar-refractivity contribution in [2.24, 2.45) is 0 Å². The summed E-state index contributed by atoms with van der Waals surface area (Å²) in [5.74, 6) is 0.141. The van der Waals surface area contributed by atoms with E-state index in [-0.39, 0.29) is 21.3 Å². The molecule has 0 spiro atoms. The number of anilines is 4. The second kappa shape index (κ2) is 15.2. The molecule has 4 N–H and O–H groups in total. The Bertz CT molecular complexity index is 2790. The molecule has 7 aromatic carbocycles. The van der Waals surface area contributed by atoms with Gasteiger partial charge in [0, 0.05) is 22.7 Å². The summed E-state index contributed by atoms with van der Waals surface area (Å²) >= 11 is 0. The van der Waals surface area contributed by atoms with Crippen LogP contribution in [0, 0.1) is 6.92 Å². The summed E-state index contributed by atoms with van der Waals surface area (Å²) in [7, 11) is -8.19. The van der Waals surface area contributed by atoms with Gasteiger partial charge in [-0.05, 0) is 119 Å². The zero-order valence-electron chi connectivity index (χ0n) is 29.0. The van der Waals surface area contributed by atoms with E-state index in [2.05, 4.69) is 21.3 Å². The first kappa shape index (κ1) is 36.5. The number of fused-ring (bicyclic) bond motifs is 2. The number of urea groups is 2. The van der Waals surface area contributed by atoms with Gasteiger partial charge in [0.2, 0.25) is 0 Å². The fourth-order valence-corrected chi connectivity index (χ4v) is 7.53. The summed E-state index contributed by atoms with van der Waals surface area (Å²) < 4.78 is 62.2. The van der Waals surface area contributed by atoms with E-state index in [9.17, 15) is 26.4 Å². The largest absolute Gasteiger partial charge is 0.379 e. The third-order valence-electron chi connectivity index (χ3n) is 8.40. The molecular weight excluding hydrogens is 741 g/mol. The van der Waals surface area contributed by atoms with Crippen LogP contribution in [0.15, 0.2) is 161 Å². The second-order valence-electron chi connectivity index (χ2n) is 12.3. The zero-order valence-corrected chi connectivity index (χ0v) is 30.6. The predicted octanol–water partition coefficient (Wildman–Crippen LogP) is 9.12. The fraction of sp³-hybridized carbons (Fsp3) is 0.0244. The predicted molar refractivity (Wildman–Crippen MR) is 213 cm³/mol. The highest BCUT2D eigenvalue weighted by atomic mass is 32.2. The summed E-state index contributed by atoms with van der Waals surface area (Å²) in [5.41, 5.74) is 2.28. The zero-order chi connectivity index (χ0) is 38.6. The van der Waals surface area contributed by atoms with Crippen LogP contribution in [0.2, 0.25) is 0 Å². The molecule has 14 heteroatoms. The van der Waals surface area contributed by atoms with Crippen molar-refractivity contribution in [3.8, 4) is 11.5 Å². The van der Waals surface area contributed by atoms with Crippen LogP contribution in [0.5, 0.6) is 11.5 Å². The summed E-state index contributed by atoms with van der Waals surface area (Å²) in [6.45, 7) is 1.78. The van der Waals surface area contributed by atoms with E-state index in [0.29, 0.717) is 22.7 Å². The van der Waals surface area contributed by atoms with Crippen molar-refractivity contribution in [3.63, 3.8) is 0 Å². The van der Waals surface area contributed by atoms with Gasteiger partial charge in [-0.1, -0.05) is 66.7 Å². The molecule has 0 heterocycles. The molecule has 0 aliphatic heterocycles. The van der Waals surface area contributed by atoms with Crippen molar-refractivity contribution in [1.29, 1.82) is 0 Å². The van der Waals surface area contributed by atoms with Crippen molar-refractivity contribution < 1.29 is 34.8 Å². The summed E-state index contributed by atoms with van der Waals surface area (Å²) in [6.07, 6.45) is 0. The van der Waals surface area contributed by atoms with E-state index in [0.717, 1.165) is 27.1 Å². The fourth-order valence-electron chi connectivity index (χ4n) is 5.60. The van der Waals surface area contributed by atoms with Crippen LogP contribution in [-0.4, -0.2) is 28.9 Å². The van der Waals surface area contributed by atoms with E-state index in [4.69, 9.17) is 8.37 Å². The van der Waals surface area contributed by atoms with Crippen LogP contribution in [-0.2, 0) is 20.2 Å². The normalized spacial score (nSPS) is 11.4. The number of hydrogen-bond acceptors (Lipinski definition) is 8. The van der Waals surface area contributed by atoms with Crippen LogP contribution in [0.4, 0.5) is 32.3 Å². The maximum absolute atomic E-state index is 12.9. The number of carbonyl (C=O) groups is 2. The van der Waals surface area contributed by atoms with Gasteiger partial charge in [0.1, 0.15) is 21.3 Å². The number of rotatable bonds is 10. The highest BCUT2D eigenvalue weighted by molar-refractivity contribution is 7.87. The van der Waals surface area contributed by atoms with Crippen LogP contribution < -0.4 is 29.6 Å². The number of benzene rings is 7. The molecule has 12 nitrogen and oxygen atoms in total. The standard InChI is InChI=1S/C41H32N4O8S2/c1-27-10-13-34(44-40(46)42-32-14-18-35(19-15-32)52-54(48,49)37-22-11-28-6-2-4-8-30(28)24-37)26-39(27)45-41(47)43-33-16-20-36(21-17-33)53-55(50,51)38-23-12-29-7-3-5-9-31(29)25-38/h2-26H,1H3,(H2,42,44,46)(H2,43,45,47). The third-order valence-corrected chi connectivity index (χ3v) is 10.9. The summed E-state index contributed by atoms with van der Waals surface area (Å²) in [6, 6.07) is 39.8. The Morgan fingerprint density at radius 1 is 0.436 bits per heavy atom. The molecule has 0 unspecified atom stereocenters. The quantitative estimate of drug-likeness (QED) is 0.0998. The first-order valence-corrected chi connectivity index (χ1v) is 19.6. The van der Waals surface area contributed by atoms with Crippen LogP contribution in [0.1, 0.15) is 5.56 Å². The van der Waals surface area contributed by atoms with Gasteiger partial charge in [-0.15, -0.1) is 0 Å². The molecular formula is C41H32N4O8S2. The number of hydrogen-bond donors (Lipinski definition) is 4. The molecule has 0 aromatic heterocycles. The van der Waals surface area contributed by atoms with Crippen molar-refractivity contribution in [1.82, 2.24) is 0 Å². The van der Waals surface area contributed by atoms with Gasteiger partial charge in [0.15, 0.2) is 0 Å². The maximum Gasteiger partial charge on any atom is 0.339 e. The molecule has 4 amide bonds. The lowest BCUT2D eigenvalue weighted by Crippen LogP contribution is -2.21. The van der Waals surface area contributed by atoms with Gasteiger partial charge in [-0.25, -0.2) is 9.59 Å². The molecule has 0 saturated carbocycles. The molecule has 0 atom stereocenters. The van der Waals surface area contributed by atoms with E-state index >= 15 is 0 Å². The van der Waals surface area contributed by atoms with Gasteiger partial charge in [-0.3, -0.25) is 0 Å². The summed E-state index contributed by atoms with van der Waals surface area (Å²) in [4.78, 5) is 25.7. The van der Waals surface area contributed by atoms with E-state index in [1.807, 2.05) is 48.5 Å². The Morgan fingerprint density at radius 3 is 1.31 bits per heavy atom. The minimum absolute atomic E-state index is 0.0183. The first-order chi connectivity index (χ1) is 26.4. The molecule has 276 valence electrons. The molecule has 7 aromatic rings. The van der Waals surface area contributed by atoms with E-state index < -0.39 is 32.3 Å². The van der Waals surface area contributed by atoms with Gasteiger partial charge in [0.05, 0.1) is 0 Å². The Balaban J connectivity index is 0.916. The van der Waals surface area contributed by atoms with Gasteiger partial charge < -0.3 is 29.6 Å². The topological polar surface area (TPSA) is 169 Å². The first-order valence-electron chi connectivity index (χ1n) is 16.7. The highest BCUT2D eigenvalue weighted by Gasteiger charge is 2.19. The van der Waals surface area contributed by atoms with Crippen molar-refractivity contribution in [2.75, 3.05) is 21.3 Å². The lowest BCUT2D eigenvalue weighted by molar-refractivity contribution is 0.261. The SMILES string of the molecule is Cc1ccc(NC(=O)Nc2ccc(OS(=O)(=O)c3ccc4ccccc4c3)cc2)cc1NC(=O)Nc1ccc(OS(=O)(=O)c2ccc3ccccc3c2)cc1. The molecule has 0 aliphatic rings. The van der Waals surface area contributed by atoms with Crippen LogP contribution in [0.25, 0.3) is 21.5 Å². The highest BCUT2D eigenvalue weighted by Crippen LogP contribution is 2.27. The Labute approximate surface area is 317 Å². The number of aryl methyl sites for hydroxylation is 1. The number of amides is 4. The molecule has 0 saturated heterocycles. The van der Waals surface area contributed by atoms with Crippen molar-refractivity contribution in [3.05, 3.63) is 157 Å². The average Bonchev–Trinajstić information content (AvgIpc) is 3.17. The minimum Gasteiger partial charge on any atom is -0.379 e. The Morgan fingerprint density at radius 2 is 0.836 bits per heavy atom. The molecule has 0 bridgehead atoms. The molecule has 0 radical (unpaired) electrons. The van der Waals surface area contributed by atoms with Gasteiger partial charge in [-0.2, -0.15) is 16.8 Å². The smallest absolute Gasteiger partial charge is 0.339 e. The van der Waals surface area contributed by atoms with Crippen molar-refractivity contribution in [2.45, 2.75) is 16.7 Å². The number of nitrogens with one attached hydrogen (secondary N) is 4. The molecule has 55 heavy (non-hydrogen) atoms. The molecule has 7 rings (SSSR count). The van der Waals surface area contributed by atoms with Crippen LogP contribution in [0.3, 0.4) is 0 Å². The Kier molecular flexibility index (Phi) is 10.1. The molecule has 0 aliphatic carbocycles. The minimum atomic E-state index is -4.10. The van der Waals surface area contributed by atoms with E-state index in [1.54, 1.807) is 49.4 Å². The van der Waals surface area contributed by atoms with Gasteiger partial charge in [0.25, 0.3) is 0 Å².